The highest BCUT2D eigenvalue weighted by Crippen LogP contribution is 2.38. The number of aromatic hydroxyl groups is 1. The predicted molar refractivity (Wildman–Crippen MR) is 67.0 cm³/mol. The zero-order valence-corrected chi connectivity index (χ0v) is 9.38. The summed E-state index contributed by atoms with van der Waals surface area (Å²) >= 11 is 0. The summed E-state index contributed by atoms with van der Waals surface area (Å²) in [4.78, 5) is 4.34. The van der Waals surface area contributed by atoms with Crippen molar-refractivity contribution in [1.82, 2.24) is 4.98 Å². The van der Waals surface area contributed by atoms with Gasteiger partial charge < -0.3 is 14.6 Å². The molecule has 0 bridgehead atoms. The molecule has 1 aromatic heterocycles. The number of hydrogen-bond acceptors (Lipinski definition) is 4. The molecule has 18 heavy (non-hydrogen) atoms. The van der Waals surface area contributed by atoms with E-state index in [1.165, 1.54) is 0 Å². The van der Waals surface area contributed by atoms with Crippen LogP contribution in [0.25, 0.3) is 21.7 Å². The van der Waals surface area contributed by atoms with Gasteiger partial charge in [-0.2, -0.15) is 0 Å². The summed E-state index contributed by atoms with van der Waals surface area (Å²) in [5.74, 6) is 1.72. The number of fused-ring (bicyclic) bond motifs is 4. The van der Waals surface area contributed by atoms with Crippen molar-refractivity contribution >= 4 is 21.7 Å². The Morgan fingerprint density at radius 1 is 1.00 bits per heavy atom. The van der Waals surface area contributed by atoms with Gasteiger partial charge in [0.2, 0.25) is 6.79 Å². The fraction of sp³-hybridized carbons (Fsp3) is 0.0714. The summed E-state index contributed by atoms with van der Waals surface area (Å²) in [7, 11) is 0. The van der Waals surface area contributed by atoms with Crippen molar-refractivity contribution in [2.24, 2.45) is 0 Å². The Kier molecular flexibility index (Phi) is 1.73. The molecule has 1 aliphatic rings. The molecule has 1 aliphatic heterocycles. The van der Waals surface area contributed by atoms with E-state index >= 15 is 0 Å². The molecule has 2 aromatic carbocycles. The van der Waals surface area contributed by atoms with Crippen LogP contribution < -0.4 is 9.47 Å². The van der Waals surface area contributed by atoms with Crippen molar-refractivity contribution in [3.05, 3.63) is 36.5 Å². The van der Waals surface area contributed by atoms with Gasteiger partial charge in [-0.15, -0.1) is 0 Å². The second-order valence-electron chi connectivity index (χ2n) is 4.25. The van der Waals surface area contributed by atoms with Crippen LogP contribution in [0, 0.1) is 0 Å². The number of benzene rings is 2. The van der Waals surface area contributed by atoms with Gasteiger partial charge in [0.05, 0.1) is 5.52 Å². The molecule has 0 aliphatic carbocycles. The van der Waals surface area contributed by atoms with Gasteiger partial charge in [0.15, 0.2) is 11.5 Å². The van der Waals surface area contributed by atoms with Crippen molar-refractivity contribution in [2.75, 3.05) is 6.79 Å². The highest BCUT2D eigenvalue weighted by Gasteiger charge is 2.15. The molecule has 0 saturated carbocycles. The van der Waals surface area contributed by atoms with Crippen LogP contribution in [0.15, 0.2) is 36.5 Å². The lowest BCUT2D eigenvalue weighted by molar-refractivity contribution is 0.174. The molecule has 4 nitrogen and oxygen atoms in total. The maximum Gasteiger partial charge on any atom is 0.231 e. The topological polar surface area (TPSA) is 51.6 Å². The molecule has 4 heteroatoms. The van der Waals surface area contributed by atoms with Gasteiger partial charge in [0, 0.05) is 23.0 Å². The smallest absolute Gasteiger partial charge is 0.231 e. The summed E-state index contributed by atoms with van der Waals surface area (Å²) < 4.78 is 10.7. The maximum absolute atomic E-state index is 9.47. The minimum atomic E-state index is 0.218. The molecule has 2 heterocycles. The SMILES string of the molecule is Oc1ccc2c(c1)ncc1cc3c(cc12)OCO3. The summed E-state index contributed by atoms with van der Waals surface area (Å²) in [6.45, 7) is 0.262. The minimum absolute atomic E-state index is 0.218. The number of phenolic OH excluding ortho intramolecular Hbond substituents is 1. The lowest BCUT2D eigenvalue weighted by Gasteiger charge is -2.05. The van der Waals surface area contributed by atoms with Gasteiger partial charge in [0.1, 0.15) is 5.75 Å². The van der Waals surface area contributed by atoms with Crippen LogP contribution >= 0.6 is 0 Å². The molecule has 88 valence electrons. The molecule has 0 amide bonds. The van der Waals surface area contributed by atoms with Gasteiger partial charge in [-0.25, -0.2) is 0 Å². The molecule has 0 radical (unpaired) electrons. The molecule has 0 spiro atoms. The van der Waals surface area contributed by atoms with E-state index < -0.39 is 0 Å². The van der Waals surface area contributed by atoms with Crippen molar-refractivity contribution in [1.29, 1.82) is 0 Å². The van der Waals surface area contributed by atoms with Crippen LogP contribution in [-0.4, -0.2) is 16.9 Å². The standard InChI is InChI=1S/C14H9NO3/c16-9-1-2-10-11-5-14-13(17-7-18-14)3-8(11)6-15-12(10)4-9/h1-6,16H,7H2. The fourth-order valence-electron chi connectivity index (χ4n) is 2.29. The average Bonchev–Trinajstić information content (AvgIpc) is 2.82. The number of rotatable bonds is 0. The number of ether oxygens (including phenoxy) is 2. The van der Waals surface area contributed by atoms with Crippen LogP contribution in [0.1, 0.15) is 0 Å². The van der Waals surface area contributed by atoms with Crippen molar-refractivity contribution in [3.63, 3.8) is 0 Å². The normalized spacial score (nSPS) is 13.3. The molecule has 3 aromatic rings. The van der Waals surface area contributed by atoms with E-state index in [4.69, 9.17) is 9.47 Å². The molecule has 0 saturated heterocycles. The third kappa shape index (κ3) is 1.23. The third-order valence-electron chi connectivity index (χ3n) is 3.16. The third-order valence-corrected chi connectivity index (χ3v) is 3.16. The van der Waals surface area contributed by atoms with E-state index in [9.17, 15) is 5.11 Å². The Balaban J connectivity index is 2.15. The molecular formula is C14H9NO3. The van der Waals surface area contributed by atoms with Crippen molar-refractivity contribution in [3.8, 4) is 17.2 Å². The van der Waals surface area contributed by atoms with Crippen molar-refractivity contribution < 1.29 is 14.6 Å². The van der Waals surface area contributed by atoms with E-state index in [2.05, 4.69) is 4.98 Å². The highest BCUT2D eigenvalue weighted by molar-refractivity contribution is 6.06. The highest BCUT2D eigenvalue weighted by atomic mass is 16.7. The van der Waals surface area contributed by atoms with Crippen LogP contribution in [0.3, 0.4) is 0 Å². The van der Waals surface area contributed by atoms with E-state index in [0.717, 1.165) is 33.2 Å². The second-order valence-corrected chi connectivity index (χ2v) is 4.25. The summed E-state index contributed by atoms with van der Waals surface area (Å²) in [6.07, 6.45) is 1.78. The van der Waals surface area contributed by atoms with Crippen LogP contribution in [0.4, 0.5) is 0 Å². The zero-order valence-electron chi connectivity index (χ0n) is 9.38. The Morgan fingerprint density at radius 2 is 1.83 bits per heavy atom. The summed E-state index contributed by atoms with van der Waals surface area (Å²) in [5.41, 5.74) is 0.765. The first-order chi connectivity index (χ1) is 8.81. The number of hydrogen-bond donors (Lipinski definition) is 1. The van der Waals surface area contributed by atoms with Gasteiger partial charge in [-0.1, -0.05) is 0 Å². The first-order valence-electron chi connectivity index (χ1n) is 5.62. The monoisotopic (exact) mass is 239 g/mol. The predicted octanol–water partition coefficient (Wildman–Crippen LogP) is 2.82. The zero-order chi connectivity index (χ0) is 12.1. The minimum Gasteiger partial charge on any atom is -0.508 e. The molecule has 4 rings (SSSR count). The quantitative estimate of drug-likeness (QED) is 0.613. The first-order valence-corrected chi connectivity index (χ1v) is 5.62. The van der Waals surface area contributed by atoms with Crippen LogP contribution in [0.5, 0.6) is 17.2 Å². The molecular weight excluding hydrogens is 230 g/mol. The lowest BCUT2D eigenvalue weighted by atomic mass is 10.1. The van der Waals surface area contributed by atoms with Crippen LogP contribution in [-0.2, 0) is 0 Å². The molecule has 0 atom stereocenters. The van der Waals surface area contributed by atoms with Crippen LogP contribution in [0.2, 0.25) is 0 Å². The first kappa shape index (κ1) is 9.53. The Morgan fingerprint density at radius 3 is 2.72 bits per heavy atom. The summed E-state index contributed by atoms with van der Waals surface area (Å²) in [5, 5.41) is 12.5. The van der Waals surface area contributed by atoms with E-state index in [1.54, 1.807) is 18.3 Å². The Labute approximate surface area is 102 Å². The van der Waals surface area contributed by atoms with E-state index in [-0.39, 0.29) is 12.5 Å². The number of pyridine rings is 1. The Hall–Kier alpha value is -2.49. The second kappa shape index (κ2) is 3.26. The fourth-order valence-corrected chi connectivity index (χ4v) is 2.29. The number of nitrogens with zero attached hydrogens (tertiary/aromatic N) is 1. The van der Waals surface area contributed by atoms with E-state index in [1.807, 2.05) is 18.2 Å². The molecule has 1 N–H and O–H groups in total. The van der Waals surface area contributed by atoms with Gasteiger partial charge in [-0.05, 0) is 29.7 Å². The van der Waals surface area contributed by atoms with E-state index in [0.29, 0.717) is 0 Å². The average molecular weight is 239 g/mol. The number of aromatic nitrogens is 1. The van der Waals surface area contributed by atoms with Gasteiger partial charge >= 0.3 is 0 Å². The number of phenols is 1. The molecule has 0 unspecified atom stereocenters. The largest absolute Gasteiger partial charge is 0.508 e. The lowest BCUT2D eigenvalue weighted by Crippen LogP contribution is -1.92. The maximum atomic E-state index is 9.47. The Bertz CT molecular complexity index is 783. The summed E-state index contributed by atoms with van der Waals surface area (Å²) in [6, 6.07) is 9.06. The van der Waals surface area contributed by atoms with Gasteiger partial charge in [-0.3, -0.25) is 4.98 Å². The molecule has 0 fully saturated rings. The van der Waals surface area contributed by atoms with Crippen molar-refractivity contribution in [2.45, 2.75) is 0 Å². The van der Waals surface area contributed by atoms with Gasteiger partial charge in [0.25, 0.3) is 0 Å².